The summed E-state index contributed by atoms with van der Waals surface area (Å²) in [7, 11) is 8.61. The van der Waals surface area contributed by atoms with E-state index in [0.29, 0.717) is 0 Å². The molecule has 0 saturated heterocycles. The third kappa shape index (κ3) is 4.35. The van der Waals surface area contributed by atoms with E-state index in [2.05, 4.69) is 61.0 Å². The molecule has 22 heavy (non-hydrogen) atoms. The molecule has 3 aromatic rings. The van der Waals surface area contributed by atoms with E-state index < -0.39 is 28.9 Å². The van der Waals surface area contributed by atoms with Crippen LogP contribution in [0.25, 0.3) is 22.0 Å². The van der Waals surface area contributed by atoms with Crippen LogP contribution in [0.5, 0.6) is 0 Å². The molecule has 1 nitrogen and oxygen atoms in total. The number of benzene rings is 1. The van der Waals surface area contributed by atoms with Gasteiger partial charge in [0.25, 0.3) is 0 Å². The molecule has 5 heteroatoms. The summed E-state index contributed by atoms with van der Waals surface area (Å²) < 4.78 is 0. The molecule has 3 rings (SSSR count). The van der Waals surface area contributed by atoms with E-state index in [1.807, 2.05) is 18.3 Å². The molecular weight excluding hydrogens is 408 g/mol. The zero-order chi connectivity index (χ0) is 16.2. The summed E-state index contributed by atoms with van der Waals surface area (Å²) in [5.41, 5.74) is 2.29. The predicted molar refractivity (Wildman–Crippen MR) is 97.5 cm³/mol. The van der Waals surface area contributed by atoms with Crippen LogP contribution in [0, 0.1) is 0 Å². The topological polar surface area (TPSA) is 12.9 Å². The number of rotatable bonds is 2. The summed E-state index contributed by atoms with van der Waals surface area (Å²) in [6, 6.07) is 17.3. The molecule has 0 aliphatic rings. The van der Waals surface area contributed by atoms with Crippen molar-refractivity contribution in [3.8, 4) is 11.3 Å². The predicted octanol–water partition coefficient (Wildman–Crippen LogP) is 5.54. The fourth-order valence-electron chi connectivity index (χ4n) is 2.41. The summed E-state index contributed by atoms with van der Waals surface area (Å²) in [5, 5.41) is 4.19. The first kappa shape index (κ1) is 18.0. The van der Waals surface area contributed by atoms with E-state index in [4.69, 9.17) is 17.0 Å². The van der Waals surface area contributed by atoms with Gasteiger partial charge in [-0.1, -0.05) is 31.8 Å². The normalized spacial score (nSPS) is 11.0. The molecule has 0 aliphatic carbocycles. The van der Waals surface area contributed by atoms with Gasteiger partial charge in [0.2, 0.25) is 0 Å². The SMILES string of the molecule is C[Si](C)(C)c1cc2c(-c3ccccn3)cccc2[cH-]1.[Cl][Zr][Cl]. The zero-order valence-electron chi connectivity index (χ0n) is 12.9. The second-order valence-corrected chi connectivity index (χ2v) is 14.9. The van der Waals surface area contributed by atoms with E-state index in [-0.39, 0.29) is 0 Å². The van der Waals surface area contributed by atoms with E-state index in [1.54, 1.807) is 0 Å². The minimum absolute atomic E-state index is 0.826. The minimum atomic E-state index is -1.26. The van der Waals surface area contributed by atoms with Crippen LogP contribution < -0.4 is 5.19 Å². The molecule has 0 N–H and O–H groups in total. The van der Waals surface area contributed by atoms with E-state index in [9.17, 15) is 0 Å². The van der Waals surface area contributed by atoms with Crippen LogP contribution in [0.15, 0.2) is 54.7 Å². The van der Waals surface area contributed by atoms with Gasteiger partial charge in [-0.05, 0) is 17.7 Å². The molecular formula is C17H18Cl2NSiZr-. The Morgan fingerprint density at radius 2 is 1.77 bits per heavy atom. The Labute approximate surface area is 151 Å². The van der Waals surface area contributed by atoms with Crippen molar-refractivity contribution in [2.24, 2.45) is 0 Å². The van der Waals surface area contributed by atoms with Crippen LogP contribution in [0.2, 0.25) is 19.6 Å². The summed E-state index contributed by atoms with van der Waals surface area (Å²) in [4.78, 5) is 4.48. The molecule has 2 aromatic carbocycles. The zero-order valence-corrected chi connectivity index (χ0v) is 17.9. The van der Waals surface area contributed by atoms with Crippen molar-refractivity contribution < 1.29 is 20.8 Å². The van der Waals surface area contributed by atoms with Gasteiger partial charge in [0, 0.05) is 6.20 Å². The Morgan fingerprint density at radius 3 is 2.36 bits per heavy atom. The van der Waals surface area contributed by atoms with E-state index in [0.717, 1.165) is 5.69 Å². The van der Waals surface area contributed by atoms with Crippen molar-refractivity contribution in [2.75, 3.05) is 0 Å². The van der Waals surface area contributed by atoms with Gasteiger partial charge in [-0.25, -0.2) is 0 Å². The Balaban J connectivity index is 0.000000545. The van der Waals surface area contributed by atoms with Crippen molar-refractivity contribution in [2.45, 2.75) is 19.6 Å². The van der Waals surface area contributed by atoms with Crippen LogP contribution in [0.3, 0.4) is 0 Å². The Kier molecular flexibility index (Phi) is 6.52. The molecule has 1 heterocycles. The molecule has 114 valence electrons. The Morgan fingerprint density at radius 1 is 1.05 bits per heavy atom. The van der Waals surface area contributed by atoms with Gasteiger partial charge in [0.05, 0.1) is 13.8 Å². The van der Waals surface area contributed by atoms with Gasteiger partial charge >= 0.3 is 37.9 Å². The first-order valence-corrected chi connectivity index (χ1v) is 16.9. The van der Waals surface area contributed by atoms with Crippen molar-refractivity contribution in [1.82, 2.24) is 4.98 Å². The van der Waals surface area contributed by atoms with E-state index >= 15 is 0 Å². The molecule has 0 amide bonds. The third-order valence-corrected chi connectivity index (χ3v) is 5.58. The Hall–Kier alpha value is -0.340. The van der Waals surface area contributed by atoms with Crippen LogP contribution >= 0.6 is 17.0 Å². The number of nitrogens with zero attached hydrogens (tertiary/aromatic N) is 1. The average Bonchev–Trinajstić information content (AvgIpc) is 2.93. The molecule has 0 fully saturated rings. The van der Waals surface area contributed by atoms with Crippen molar-refractivity contribution in [3.63, 3.8) is 0 Å². The van der Waals surface area contributed by atoms with Crippen LogP contribution in [-0.4, -0.2) is 13.1 Å². The van der Waals surface area contributed by atoms with Gasteiger partial charge in [0.15, 0.2) is 0 Å². The molecule has 0 unspecified atom stereocenters. The summed E-state index contributed by atoms with van der Waals surface area (Å²) in [6.07, 6.45) is 1.86. The quantitative estimate of drug-likeness (QED) is 0.387. The average molecular weight is 427 g/mol. The monoisotopic (exact) mass is 424 g/mol. The Bertz CT molecular complexity index is 735. The first-order chi connectivity index (χ1) is 10.5. The second kappa shape index (κ2) is 7.97. The van der Waals surface area contributed by atoms with Gasteiger partial charge < -0.3 is 0 Å². The maximum atomic E-state index is 4.93. The third-order valence-electron chi connectivity index (χ3n) is 3.56. The summed E-state index contributed by atoms with van der Waals surface area (Å²) in [6.45, 7) is 7.17. The standard InChI is InChI=1S/C17H18NSi.2ClH.Zr/c1-19(2,3)14-11-13-7-6-8-15(16(13)12-14)17-9-4-5-10-18-17;;;/h4-12H,1-3H3;2*1H;/q-1;;;+2/p-2. The number of halogens is 2. The number of aromatic nitrogens is 1. The maximum absolute atomic E-state index is 4.93. The van der Waals surface area contributed by atoms with Gasteiger partial charge in [-0.2, -0.15) is 6.07 Å². The molecule has 1 aromatic heterocycles. The molecule has 0 spiro atoms. The van der Waals surface area contributed by atoms with E-state index in [1.165, 1.54) is 21.5 Å². The van der Waals surface area contributed by atoms with Crippen LogP contribution in [0.4, 0.5) is 0 Å². The van der Waals surface area contributed by atoms with Crippen LogP contribution in [0.1, 0.15) is 0 Å². The second-order valence-electron chi connectivity index (χ2n) is 6.09. The summed E-state index contributed by atoms with van der Waals surface area (Å²) in [5.74, 6) is 0. The number of hydrogen-bond acceptors (Lipinski definition) is 1. The fraction of sp³-hybridized carbons (Fsp3) is 0.176. The van der Waals surface area contributed by atoms with Gasteiger partial charge in [-0.3, -0.25) is 4.98 Å². The number of fused-ring (bicyclic) bond motifs is 1. The number of hydrogen-bond donors (Lipinski definition) is 0. The molecule has 0 radical (unpaired) electrons. The molecule has 0 bridgehead atoms. The van der Waals surface area contributed by atoms with Gasteiger partial charge in [-0.15, -0.1) is 34.2 Å². The first-order valence-electron chi connectivity index (χ1n) is 7.05. The number of pyridine rings is 1. The molecule has 0 aliphatic heterocycles. The van der Waals surface area contributed by atoms with Crippen molar-refractivity contribution >= 4 is 41.1 Å². The van der Waals surface area contributed by atoms with Gasteiger partial charge in [0.1, 0.15) is 0 Å². The summed E-state index contributed by atoms with van der Waals surface area (Å²) >= 11 is -0.826. The van der Waals surface area contributed by atoms with Crippen molar-refractivity contribution in [1.29, 1.82) is 0 Å². The van der Waals surface area contributed by atoms with Crippen molar-refractivity contribution in [3.05, 3.63) is 54.7 Å². The fourth-order valence-corrected chi connectivity index (χ4v) is 3.58. The van der Waals surface area contributed by atoms with Crippen LogP contribution in [-0.2, 0) is 20.8 Å². The molecule has 0 atom stereocenters. The molecule has 0 saturated carbocycles.